The lowest BCUT2D eigenvalue weighted by atomic mass is 9.83. The number of hydrogen-bond donors (Lipinski definition) is 0. The minimum atomic E-state index is -0.665. The third-order valence-corrected chi connectivity index (χ3v) is 5.53. The van der Waals surface area contributed by atoms with Crippen LogP contribution in [0.1, 0.15) is 29.8 Å². The summed E-state index contributed by atoms with van der Waals surface area (Å²) in [5.41, 5.74) is 0.347. The van der Waals surface area contributed by atoms with Crippen LogP contribution >= 0.6 is 15.9 Å². The zero-order valence-corrected chi connectivity index (χ0v) is 17.0. The topological polar surface area (TPSA) is 40.6 Å². The fraction of sp³-hybridized carbons (Fsp3) is 0.333. The van der Waals surface area contributed by atoms with Gasteiger partial charge in [-0.3, -0.25) is 9.59 Å². The summed E-state index contributed by atoms with van der Waals surface area (Å²) in [5, 5.41) is 0. The van der Waals surface area contributed by atoms with Crippen LogP contribution in [-0.4, -0.2) is 47.8 Å². The van der Waals surface area contributed by atoms with E-state index in [2.05, 4.69) is 15.9 Å². The Labute approximate surface area is 167 Å². The maximum Gasteiger partial charge on any atom is 0.256 e. The first kappa shape index (κ1) is 19.5. The first-order valence-corrected chi connectivity index (χ1v) is 9.69. The third-order valence-electron chi connectivity index (χ3n) is 5.04. The average Bonchev–Trinajstić information content (AvgIpc) is 2.67. The van der Waals surface area contributed by atoms with Crippen molar-refractivity contribution in [3.63, 3.8) is 0 Å². The summed E-state index contributed by atoms with van der Waals surface area (Å²) in [6.45, 7) is 5.50. The molecule has 0 radical (unpaired) electrons. The fourth-order valence-electron chi connectivity index (χ4n) is 3.31. The van der Waals surface area contributed by atoms with Crippen LogP contribution in [0.2, 0.25) is 0 Å². The van der Waals surface area contributed by atoms with Crippen LogP contribution in [0, 0.1) is 5.82 Å². The van der Waals surface area contributed by atoms with Crippen LogP contribution in [0.3, 0.4) is 0 Å². The summed E-state index contributed by atoms with van der Waals surface area (Å²) < 4.78 is 14.8. The molecule has 3 rings (SSSR count). The quantitative estimate of drug-likeness (QED) is 0.738. The molecule has 0 spiro atoms. The minimum Gasteiger partial charge on any atom is -0.338 e. The average molecular weight is 433 g/mol. The molecule has 0 N–H and O–H groups in total. The molecule has 1 aliphatic heterocycles. The number of halogens is 2. The van der Waals surface area contributed by atoms with E-state index in [1.165, 1.54) is 12.1 Å². The number of carbonyl (C=O) groups is 2. The molecule has 2 aromatic rings. The summed E-state index contributed by atoms with van der Waals surface area (Å²) in [4.78, 5) is 29.0. The van der Waals surface area contributed by atoms with Crippen LogP contribution in [0.4, 0.5) is 4.39 Å². The van der Waals surface area contributed by atoms with Crippen molar-refractivity contribution in [1.29, 1.82) is 0 Å². The second kappa shape index (κ2) is 7.80. The largest absolute Gasteiger partial charge is 0.338 e. The van der Waals surface area contributed by atoms with Crippen LogP contribution in [-0.2, 0) is 10.2 Å². The summed E-state index contributed by atoms with van der Waals surface area (Å²) in [7, 11) is 0. The van der Waals surface area contributed by atoms with Gasteiger partial charge in [-0.25, -0.2) is 4.39 Å². The number of benzene rings is 2. The maximum absolute atomic E-state index is 13.9. The number of piperazine rings is 1. The van der Waals surface area contributed by atoms with Crippen molar-refractivity contribution in [1.82, 2.24) is 9.80 Å². The molecule has 1 saturated heterocycles. The number of rotatable bonds is 3. The molecule has 0 aromatic heterocycles. The molecule has 1 heterocycles. The second-order valence-electron chi connectivity index (χ2n) is 7.20. The van der Waals surface area contributed by atoms with Crippen molar-refractivity contribution < 1.29 is 14.0 Å². The number of nitrogens with zero attached hydrogens (tertiary/aromatic N) is 2. The first-order chi connectivity index (χ1) is 12.8. The van der Waals surface area contributed by atoms with E-state index in [1.807, 2.05) is 38.1 Å². The van der Waals surface area contributed by atoms with Crippen LogP contribution < -0.4 is 0 Å². The minimum absolute atomic E-state index is 0.0265. The molecule has 4 nitrogen and oxygen atoms in total. The van der Waals surface area contributed by atoms with Gasteiger partial charge in [0.05, 0.1) is 11.0 Å². The molecular weight excluding hydrogens is 411 g/mol. The first-order valence-electron chi connectivity index (χ1n) is 8.90. The van der Waals surface area contributed by atoms with Gasteiger partial charge in [0.2, 0.25) is 5.91 Å². The Morgan fingerprint density at radius 2 is 1.59 bits per heavy atom. The lowest BCUT2D eigenvalue weighted by molar-refractivity contribution is -0.137. The van der Waals surface area contributed by atoms with Gasteiger partial charge in [0.1, 0.15) is 5.82 Å². The van der Waals surface area contributed by atoms with Gasteiger partial charge in [-0.1, -0.05) is 40.2 Å². The van der Waals surface area contributed by atoms with E-state index < -0.39 is 11.2 Å². The molecular formula is C21H22BrFN2O2. The van der Waals surface area contributed by atoms with Gasteiger partial charge < -0.3 is 9.80 Å². The van der Waals surface area contributed by atoms with E-state index in [9.17, 15) is 14.0 Å². The second-order valence-corrected chi connectivity index (χ2v) is 8.12. The molecule has 27 heavy (non-hydrogen) atoms. The van der Waals surface area contributed by atoms with Crippen LogP contribution in [0.5, 0.6) is 0 Å². The Morgan fingerprint density at radius 3 is 2.22 bits per heavy atom. The van der Waals surface area contributed by atoms with Gasteiger partial charge in [-0.05, 0) is 43.7 Å². The molecule has 2 aromatic carbocycles. The highest BCUT2D eigenvalue weighted by Gasteiger charge is 2.36. The highest BCUT2D eigenvalue weighted by molar-refractivity contribution is 9.10. The van der Waals surface area contributed by atoms with Gasteiger partial charge in [-0.2, -0.15) is 0 Å². The normalized spacial score (nSPS) is 15.0. The molecule has 6 heteroatoms. The molecule has 1 aliphatic rings. The van der Waals surface area contributed by atoms with Crippen molar-refractivity contribution in [3.8, 4) is 0 Å². The zero-order chi connectivity index (χ0) is 19.6. The fourth-order valence-corrected chi connectivity index (χ4v) is 3.71. The number of amides is 2. The maximum atomic E-state index is 13.9. The SMILES string of the molecule is CC(C)(C(=O)N1CCN(C(=O)c2ccccc2F)CC1)c1cccc(Br)c1. The Hall–Kier alpha value is -2.21. The summed E-state index contributed by atoms with van der Waals surface area (Å²) in [6.07, 6.45) is 0. The standard InChI is InChI=1S/C21H22BrFN2O2/c1-21(2,15-6-5-7-16(22)14-15)20(27)25-12-10-24(11-13-25)19(26)17-8-3-4-9-18(17)23/h3-9,14H,10-13H2,1-2H3. The van der Waals surface area contributed by atoms with Gasteiger partial charge in [-0.15, -0.1) is 0 Å². The molecule has 0 unspecified atom stereocenters. The summed E-state index contributed by atoms with van der Waals surface area (Å²) >= 11 is 3.45. The lowest BCUT2D eigenvalue weighted by Crippen LogP contribution is -2.54. The predicted molar refractivity (Wildman–Crippen MR) is 106 cm³/mol. The van der Waals surface area contributed by atoms with Gasteiger partial charge in [0.15, 0.2) is 0 Å². The highest BCUT2D eigenvalue weighted by atomic mass is 79.9. The van der Waals surface area contributed by atoms with Crippen molar-refractivity contribution in [3.05, 3.63) is 69.9 Å². The summed E-state index contributed by atoms with van der Waals surface area (Å²) in [6, 6.07) is 13.7. The Balaban J connectivity index is 1.67. The van der Waals surface area contributed by atoms with E-state index in [4.69, 9.17) is 0 Å². The van der Waals surface area contributed by atoms with Gasteiger partial charge in [0, 0.05) is 30.7 Å². The third kappa shape index (κ3) is 4.05. The van der Waals surface area contributed by atoms with Crippen molar-refractivity contribution >= 4 is 27.7 Å². The van der Waals surface area contributed by atoms with E-state index >= 15 is 0 Å². The van der Waals surface area contributed by atoms with E-state index in [0.29, 0.717) is 26.2 Å². The van der Waals surface area contributed by atoms with E-state index in [-0.39, 0.29) is 17.4 Å². The van der Waals surface area contributed by atoms with Crippen molar-refractivity contribution in [2.45, 2.75) is 19.3 Å². The lowest BCUT2D eigenvalue weighted by Gasteiger charge is -2.39. The monoisotopic (exact) mass is 432 g/mol. The smallest absolute Gasteiger partial charge is 0.256 e. The number of hydrogen-bond acceptors (Lipinski definition) is 2. The van der Waals surface area contributed by atoms with Crippen LogP contribution in [0.15, 0.2) is 53.0 Å². The predicted octanol–water partition coefficient (Wildman–Crippen LogP) is 3.85. The molecule has 1 fully saturated rings. The molecule has 0 aliphatic carbocycles. The molecule has 2 amide bonds. The van der Waals surface area contributed by atoms with E-state index in [0.717, 1.165) is 10.0 Å². The Bertz CT molecular complexity index is 861. The van der Waals surface area contributed by atoms with Crippen molar-refractivity contribution in [2.24, 2.45) is 0 Å². The molecule has 0 saturated carbocycles. The molecule has 142 valence electrons. The Morgan fingerprint density at radius 1 is 0.963 bits per heavy atom. The molecule has 0 bridgehead atoms. The van der Waals surface area contributed by atoms with Crippen molar-refractivity contribution in [2.75, 3.05) is 26.2 Å². The Kier molecular flexibility index (Phi) is 5.65. The number of carbonyl (C=O) groups excluding carboxylic acids is 2. The zero-order valence-electron chi connectivity index (χ0n) is 15.4. The summed E-state index contributed by atoms with van der Waals surface area (Å²) in [5.74, 6) is -0.818. The van der Waals surface area contributed by atoms with E-state index in [1.54, 1.807) is 21.9 Å². The molecule has 0 atom stereocenters. The van der Waals surface area contributed by atoms with Crippen LogP contribution in [0.25, 0.3) is 0 Å². The highest BCUT2D eigenvalue weighted by Crippen LogP contribution is 2.28. The van der Waals surface area contributed by atoms with Gasteiger partial charge in [0.25, 0.3) is 5.91 Å². The van der Waals surface area contributed by atoms with Gasteiger partial charge >= 0.3 is 0 Å².